The van der Waals surface area contributed by atoms with Crippen molar-refractivity contribution in [2.24, 2.45) is 0 Å². The molecule has 2 saturated heterocycles. The monoisotopic (exact) mass is 837 g/mol. The summed E-state index contributed by atoms with van der Waals surface area (Å²) in [6, 6.07) is 0. The molecule has 11 unspecified atom stereocenters. The number of unbranched alkanes of at least 4 members (excludes halogenated alkanes) is 22. The highest BCUT2D eigenvalue weighted by atomic mass is 16.7. The van der Waals surface area contributed by atoms with Gasteiger partial charge in [0.15, 0.2) is 18.7 Å². The van der Waals surface area contributed by atoms with E-state index in [2.05, 4.69) is 6.92 Å². The number of ether oxygens (including phenoxy) is 6. The summed E-state index contributed by atoms with van der Waals surface area (Å²) < 4.78 is 32.5. The quantitative estimate of drug-likeness (QED) is 0.0350. The van der Waals surface area contributed by atoms with Crippen molar-refractivity contribution in [3.05, 3.63) is 0 Å². The molecule has 2 rings (SSSR count). The van der Waals surface area contributed by atoms with Crippen LogP contribution in [0.5, 0.6) is 0 Å². The van der Waals surface area contributed by atoms with Crippen molar-refractivity contribution in [3.63, 3.8) is 0 Å². The van der Waals surface area contributed by atoms with E-state index in [9.17, 15) is 45.3 Å². The number of carbonyl (C=O) groups is 2. The highest BCUT2D eigenvalue weighted by Gasteiger charge is 2.47. The number of rotatable bonds is 34. The summed E-state index contributed by atoms with van der Waals surface area (Å²) in [6.07, 6.45) is 12.8. The second-order valence-corrected chi connectivity index (χ2v) is 16.3. The van der Waals surface area contributed by atoms with Gasteiger partial charge >= 0.3 is 11.9 Å². The molecule has 0 aromatic carbocycles. The highest BCUT2D eigenvalue weighted by molar-refractivity contribution is 5.69. The number of aliphatic hydroxyl groups is 7. The van der Waals surface area contributed by atoms with Crippen molar-refractivity contribution in [1.29, 1.82) is 0 Å². The van der Waals surface area contributed by atoms with E-state index in [-0.39, 0.29) is 19.6 Å². The summed E-state index contributed by atoms with van der Waals surface area (Å²) in [7, 11) is 0. The normalized spacial score (nSPS) is 28.0. The van der Waals surface area contributed by atoms with E-state index in [1.54, 1.807) is 0 Å². The Morgan fingerprint density at radius 2 is 0.914 bits per heavy atom. The molecule has 0 aliphatic carbocycles. The topological polar surface area (TPSA) is 231 Å². The maximum Gasteiger partial charge on any atom is 0.306 e. The molecule has 0 bridgehead atoms. The Morgan fingerprint density at radius 3 is 1.34 bits per heavy atom. The lowest BCUT2D eigenvalue weighted by Gasteiger charge is -2.42. The first-order valence-electron chi connectivity index (χ1n) is 22.6. The van der Waals surface area contributed by atoms with Crippen molar-refractivity contribution in [3.8, 4) is 0 Å². The Kier molecular flexibility index (Phi) is 29.3. The Balaban J connectivity index is 1.56. The van der Waals surface area contributed by atoms with Gasteiger partial charge in [-0.1, -0.05) is 148 Å². The molecular weight excluding hydrogens is 756 g/mol. The van der Waals surface area contributed by atoms with Gasteiger partial charge in [0.1, 0.15) is 55.4 Å². The SMILES string of the molecule is CCCCCCCCCCCCCCCCCCCCCCCCCC(=O)OC(COC(C)=O)COC1OC(COC2OC(CO)C(O)C(O)C2O)C(O)C(O)C1O. The fraction of sp³-hybridized carbons (Fsp3) is 0.953. The van der Waals surface area contributed by atoms with Crippen molar-refractivity contribution in [1.82, 2.24) is 0 Å². The standard InChI is InChI=1S/C43H80O15/c1-3-4-5-6-7-8-9-10-11-12-13-14-15-16-17-18-19-20-21-22-23-24-25-26-35(46)56-32(28-53-31(2)45)29-54-42-41(52)39(50)37(48)34(58-42)30-55-43-40(51)38(49)36(47)33(27-44)57-43/h32-34,36-44,47-52H,3-30H2,1-2H3. The van der Waals surface area contributed by atoms with E-state index >= 15 is 0 Å². The Morgan fingerprint density at radius 1 is 0.517 bits per heavy atom. The molecule has 15 nitrogen and oxygen atoms in total. The zero-order valence-electron chi connectivity index (χ0n) is 35.5. The molecule has 58 heavy (non-hydrogen) atoms. The van der Waals surface area contributed by atoms with Crippen LogP contribution in [0.3, 0.4) is 0 Å². The summed E-state index contributed by atoms with van der Waals surface area (Å²) in [6.45, 7) is 1.56. The van der Waals surface area contributed by atoms with Gasteiger partial charge in [-0.2, -0.15) is 0 Å². The van der Waals surface area contributed by atoms with Crippen LogP contribution in [-0.4, -0.2) is 142 Å². The van der Waals surface area contributed by atoms with Crippen LogP contribution >= 0.6 is 0 Å². The molecule has 15 heteroatoms. The Bertz CT molecular complexity index is 1030. The molecule has 342 valence electrons. The average Bonchev–Trinajstić information content (AvgIpc) is 3.21. The third kappa shape index (κ3) is 21.8. The van der Waals surface area contributed by atoms with E-state index in [4.69, 9.17) is 28.4 Å². The van der Waals surface area contributed by atoms with Crippen LogP contribution in [0.2, 0.25) is 0 Å². The molecule has 2 heterocycles. The van der Waals surface area contributed by atoms with Crippen LogP contribution in [0.1, 0.15) is 168 Å². The number of esters is 2. The lowest BCUT2D eigenvalue weighted by molar-refractivity contribution is -0.332. The van der Waals surface area contributed by atoms with Gasteiger partial charge in [-0.25, -0.2) is 0 Å². The van der Waals surface area contributed by atoms with E-state index in [1.807, 2.05) is 0 Å². The molecule has 0 aromatic rings. The van der Waals surface area contributed by atoms with E-state index in [1.165, 1.54) is 129 Å². The second kappa shape index (κ2) is 32.2. The van der Waals surface area contributed by atoms with Crippen LogP contribution in [-0.2, 0) is 38.0 Å². The summed E-state index contributed by atoms with van der Waals surface area (Å²) in [5.74, 6) is -1.11. The predicted octanol–water partition coefficient (Wildman–Crippen LogP) is 4.48. The van der Waals surface area contributed by atoms with Gasteiger partial charge < -0.3 is 64.2 Å². The molecule has 2 fully saturated rings. The average molecular weight is 837 g/mol. The van der Waals surface area contributed by atoms with Crippen molar-refractivity contribution < 1.29 is 73.8 Å². The van der Waals surface area contributed by atoms with Crippen LogP contribution in [0.15, 0.2) is 0 Å². The smallest absolute Gasteiger partial charge is 0.306 e. The lowest BCUT2D eigenvalue weighted by atomic mass is 9.98. The number of carbonyl (C=O) groups excluding carboxylic acids is 2. The number of hydrogen-bond acceptors (Lipinski definition) is 15. The summed E-state index contributed by atoms with van der Waals surface area (Å²) in [5, 5.41) is 71.1. The molecule has 0 aromatic heterocycles. The second-order valence-electron chi connectivity index (χ2n) is 16.3. The van der Waals surface area contributed by atoms with Crippen LogP contribution in [0.25, 0.3) is 0 Å². The molecular formula is C43H80O15. The molecule has 0 radical (unpaired) electrons. The Hall–Kier alpha value is -1.50. The van der Waals surface area contributed by atoms with Crippen molar-refractivity contribution in [2.45, 2.75) is 235 Å². The minimum Gasteiger partial charge on any atom is -0.462 e. The minimum absolute atomic E-state index is 0.167. The molecule has 2 aliphatic heterocycles. The van der Waals surface area contributed by atoms with Crippen LogP contribution in [0.4, 0.5) is 0 Å². The first-order chi connectivity index (χ1) is 28.0. The van der Waals surface area contributed by atoms with Gasteiger partial charge in [-0.05, 0) is 6.42 Å². The summed E-state index contributed by atoms with van der Waals surface area (Å²) in [4.78, 5) is 24.1. The molecule has 11 atom stereocenters. The predicted molar refractivity (Wildman–Crippen MR) is 215 cm³/mol. The zero-order valence-corrected chi connectivity index (χ0v) is 35.5. The van der Waals surface area contributed by atoms with E-state index in [0.717, 1.165) is 19.3 Å². The van der Waals surface area contributed by atoms with Gasteiger partial charge in [0.2, 0.25) is 0 Å². The number of hydrogen-bond donors (Lipinski definition) is 7. The molecule has 0 saturated carbocycles. The molecule has 7 N–H and O–H groups in total. The van der Waals surface area contributed by atoms with Gasteiger partial charge in [0.05, 0.1) is 19.8 Å². The maximum absolute atomic E-state index is 12.7. The fourth-order valence-electron chi connectivity index (χ4n) is 7.42. The maximum atomic E-state index is 12.7. The fourth-order valence-corrected chi connectivity index (χ4v) is 7.42. The first-order valence-corrected chi connectivity index (χ1v) is 22.6. The largest absolute Gasteiger partial charge is 0.462 e. The van der Waals surface area contributed by atoms with Gasteiger partial charge in [-0.15, -0.1) is 0 Å². The van der Waals surface area contributed by atoms with Gasteiger partial charge in [0, 0.05) is 13.3 Å². The molecule has 2 aliphatic rings. The van der Waals surface area contributed by atoms with Crippen LogP contribution < -0.4 is 0 Å². The lowest BCUT2D eigenvalue weighted by Crippen LogP contribution is -2.61. The molecule has 0 spiro atoms. The van der Waals surface area contributed by atoms with E-state index < -0.39 is 92.7 Å². The van der Waals surface area contributed by atoms with Gasteiger partial charge in [0.25, 0.3) is 0 Å². The summed E-state index contributed by atoms with van der Waals surface area (Å²) >= 11 is 0. The highest BCUT2D eigenvalue weighted by Crippen LogP contribution is 2.26. The summed E-state index contributed by atoms with van der Waals surface area (Å²) in [5.41, 5.74) is 0. The third-order valence-electron chi connectivity index (χ3n) is 11.1. The molecule has 0 amide bonds. The van der Waals surface area contributed by atoms with Crippen molar-refractivity contribution in [2.75, 3.05) is 26.4 Å². The number of aliphatic hydroxyl groups excluding tert-OH is 7. The van der Waals surface area contributed by atoms with Gasteiger partial charge in [-0.3, -0.25) is 9.59 Å². The first kappa shape index (κ1) is 52.6. The van der Waals surface area contributed by atoms with Crippen molar-refractivity contribution >= 4 is 11.9 Å². The Labute approximate surface area is 347 Å². The van der Waals surface area contributed by atoms with Crippen LogP contribution in [0, 0.1) is 0 Å². The third-order valence-corrected chi connectivity index (χ3v) is 11.1. The van der Waals surface area contributed by atoms with E-state index in [0.29, 0.717) is 6.42 Å². The minimum atomic E-state index is -1.75. The zero-order chi connectivity index (χ0) is 42.5.